The van der Waals surface area contributed by atoms with Crippen molar-refractivity contribution in [3.05, 3.63) is 57.8 Å². The number of carbonyl (C=O) groups is 1. The van der Waals surface area contributed by atoms with Crippen LogP contribution in [0.4, 0.5) is 15.8 Å². The first-order valence-electron chi connectivity index (χ1n) is 5.60. The second-order valence-electron chi connectivity index (χ2n) is 4.13. The smallest absolute Gasteiger partial charge is 0.258 e. The highest BCUT2D eigenvalue weighted by atomic mass is 79.9. The maximum atomic E-state index is 13.8. The average Bonchev–Trinajstić information content (AvgIpc) is 2.36. The molecule has 0 unspecified atom stereocenters. The molecule has 0 atom stereocenters. The third-order valence-corrected chi connectivity index (χ3v) is 3.31. The maximum absolute atomic E-state index is 13.8. The number of benzene rings is 2. The first-order chi connectivity index (χ1) is 8.99. The van der Waals surface area contributed by atoms with Gasteiger partial charge in [-0.3, -0.25) is 4.79 Å². The van der Waals surface area contributed by atoms with Crippen molar-refractivity contribution in [1.29, 1.82) is 0 Å². The molecule has 0 saturated heterocycles. The number of nitrogen functional groups attached to an aromatic ring is 1. The van der Waals surface area contributed by atoms with Crippen LogP contribution in [0.3, 0.4) is 0 Å². The summed E-state index contributed by atoms with van der Waals surface area (Å²) in [4.78, 5) is 12.0. The molecule has 2 aromatic rings. The largest absolute Gasteiger partial charge is 0.399 e. The van der Waals surface area contributed by atoms with E-state index in [4.69, 9.17) is 5.73 Å². The van der Waals surface area contributed by atoms with Crippen molar-refractivity contribution in [1.82, 2.24) is 0 Å². The monoisotopic (exact) mass is 322 g/mol. The standard InChI is InChI=1S/C14H12BrFN2O/c1-8-7-9(17)5-6-12(8)18-14(19)10-3-2-4-11(15)13(10)16/h2-7H,17H2,1H3,(H,18,19). The summed E-state index contributed by atoms with van der Waals surface area (Å²) in [5, 5.41) is 2.67. The lowest BCUT2D eigenvalue weighted by molar-refractivity contribution is 0.102. The van der Waals surface area contributed by atoms with Crippen LogP contribution in [-0.4, -0.2) is 5.91 Å². The number of aryl methyl sites for hydroxylation is 1. The Morgan fingerprint density at radius 2 is 2.05 bits per heavy atom. The number of halogens is 2. The fourth-order valence-corrected chi connectivity index (χ4v) is 2.06. The molecule has 0 spiro atoms. The lowest BCUT2D eigenvalue weighted by Gasteiger charge is -2.10. The number of hydrogen-bond donors (Lipinski definition) is 2. The highest BCUT2D eigenvalue weighted by Gasteiger charge is 2.14. The Bertz CT molecular complexity index is 643. The van der Waals surface area contributed by atoms with Gasteiger partial charge >= 0.3 is 0 Å². The van der Waals surface area contributed by atoms with Crippen LogP contribution < -0.4 is 11.1 Å². The molecule has 0 saturated carbocycles. The Morgan fingerprint density at radius 3 is 2.74 bits per heavy atom. The van der Waals surface area contributed by atoms with Crippen molar-refractivity contribution in [3.63, 3.8) is 0 Å². The summed E-state index contributed by atoms with van der Waals surface area (Å²) in [5.74, 6) is -1.07. The van der Waals surface area contributed by atoms with Crippen LogP contribution in [0, 0.1) is 12.7 Å². The Hall–Kier alpha value is -1.88. The zero-order valence-electron chi connectivity index (χ0n) is 10.2. The first kappa shape index (κ1) is 13.5. The number of carbonyl (C=O) groups excluding carboxylic acids is 1. The van der Waals surface area contributed by atoms with E-state index in [0.29, 0.717) is 11.4 Å². The lowest BCUT2D eigenvalue weighted by Crippen LogP contribution is -2.14. The summed E-state index contributed by atoms with van der Waals surface area (Å²) >= 11 is 3.05. The third kappa shape index (κ3) is 2.93. The second kappa shape index (κ2) is 5.40. The molecule has 19 heavy (non-hydrogen) atoms. The van der Waals surface area contributed by atoms with Gasteiger partial charge in [-0.05, 0) is 58.7 Å². The molecule has 0 radical (unpaired) electrons. The van der Waals surface area contributed by atoms with Crippen molar-refractivity contribution < 1.29 is 9.18 Å². The Labute approximate surface area is 118 Å². The molecule has 98 valence electrons. The van der Waals surface area contributed by atoms with E-state index in [2.05, 4.69) is 21.2 Å². The van der Waals surface area contributed by atoms with Crippen molar-refractivity contribution in [3.8, 4) is 0 Å². The van der Waals surface area contributed by atoms with Gasteiger partial charge in [-0.2, -0.15) is 0 Å². The fourth-order valence-electron chi connectivity index (χ4n) is 1.70. The second-order valence-corrected chi connectivity index (χ2v) is 4.98. The molecule has 0 fully saturated rings. The van der Waals surface area contributed by atoms with E-state index in [1.165, 1.54) is 6.07 Å². The quantitative estimate of drug-likeness (QED) is 0.828. The molecule has 5 heteroatoms. The van der Waals surface area contributed by atoms with Crippen LogP contribution in [0.25, 0.3) is 0 Å². The van der Waals surface area contributed by atoms with Crippen molar-refractivity contribution >= 4 is 33.2 Å². The summed E-state index contributed by atoms with van der Waals surface area (Å²) in [6.45, 7) is 1.82. The first-order valence-corrected chi connectivity index (χ1v) is 6.40. The molecule has 0 heterocycles. The van der Waals surface area contributed by atoms with Gasteiger partial charge in [0.15, 0.2) is 0 Å². The van der Waals surface area contributed by atoms with Gasteiger partial charge in [0.05, 0.1) is 10.0 Å². The summed E-state index contributed by atoms with van der Waals surface area (Å²) in [6, 6.07) is 9.70. The van der Waals surface area contributed by atoms with E-state index in [9.17, 15) is 9.18 Å². The van der Waals surface area contributed by atoms with Gasteiger partial charge in [0.2, 0.25) is 0 Å². The summed E-state index contributed by atoms with van der Waals surface area (Å²) in [6.07, 6.45) is 0. The molecule has 0 aliphatic heterocycles. The SMILES string of the molecule is Cc1cc(N)ccc1NC(=O)c1cccc(Br)c1F. The van der Waals surface area contributed by atoms with Crippen molar-refractivity contribution in [2.75, 3.05) is 11.1 Å². The highest BCUT2D eigenvalue weighted by molar-refractivity contribution is 9.10. The van der Waals surface area contributed by atoms with E-state index in [-0.39, 0.29) is 10.0 Å². The van der Waals surface area contributed by atoms with Gasteiger partial charge in [-0.25, -0.2) is 4.39 Å². The number of rotatable bonds is 2. The van der Waals surface area contributed by atoms with Crippen LogP contribution in [0.5, 0.6) is 0 Å². The summed E-state index contributed by atoms with van der Waals surface area (Å²) in [5.41, 5.74) is 7.67. The predicted molar refractivity (Wildman–Crippen MR) is 77.6 cm³/mol. The minimum Gasteiger partial charge on any atom is -0.399 e. The molecule has 0 aliphatic carbocycles. The minimum absolute atomic E-state index is 0.00870. The number of hydrogen-bond acceptors (Lipinski definition) is 2. The van der Waals surface area contributed by atoms with E-state index in [1.54, 1.807) is 30.3 Å². The molecular formula is C14H12BrFN2O. The maximum Gasteiger partial charge on any atom is 0.258 e. The number of amides is 1. The van der Waals surface area contributed by atoms with E-state index >= 15 is 0 Å². The molecular weight excluding hydrogens is 311 g/mol. The van der Waals surface area contributed by atoms with Crippen LogP contribution >= 0.6 is 15.9 Å². The van der Waals surface area contributed by atoms with Crippen LogP contribution in [-0.2, 0) is 0 Å². The Morgan fingerprint density at radius 1 is 1.32 bits per heavy atom. The van der Waals surface area contributed by atoms with Crippen LogP contribution in [0.15, 0.2) is 40.9 Å². The fraction of sp³-hybridized carbons (Fsp3) is 0.0714. The predicted octanol–water partition coefficient (Wildman–Crippen LogP) is 3.73. The minimum atomic E-state index is -0.576. The summed E-state index contributed by atoms with van der Waals surface area (Å²) < 4.78 is 14.1. The molecule has 2 aromatic carbocycles. The zero-order valence-corrected chi connectivity index (χ0v) is 11.8. The van der Waals surface area contributed by atoms with Gasteiger partial charge in [-0.1, -0.05) is 6.07 Å². The normalized spacial score (nSPS) is 10.3. The molecule has 0 aliphatic rings. The Balaban J connectivity index is 2.28. The molecule has 3 nitrogen and oxygen atoms in total. The average molecular weight is 323 g/mol. The third-order valence-electron chi connectivity index (χ3n) is 2.69. The van der Waals surface area contributed by atoms with Crippen LogP contribution in [0.1, 0.15) is 15.9 Å². The van der Waals surface area contributed by atoms with E-state index in [1.807, 2.05) is 6.92 Å². The zero-order chi connectivity index (χ0) is 14.0. The van der Waals surface area contributed by atoms with Gasteiger partial charge in [0.25, 0.3) is 5.91 Å². The molecule has 0 bridgehead atoms. The lowest BCUT2D eigenvalue weighted by atomic mass is 10.1. The van der Waals surface area contributed by atoms with Gasteiger partial charge in [0.1, 0.15) is 5.82 Å². The molecule has 0 aromatic heterocycles. The Kier molecular flexibility index (Phi) is 3.85. The van der Waals surface area contributed by atoms with Crippen LogP contribution in [0.2, 0.25) is 0 Å². The van der Waals surface area contributed by atoms with Gasteiger partial charge < -0.3 is 11.1 Å². The molecule has 2 rings (SSSR count). The van der Waals surface area contributed by atoms with E-state index in [0.717, 1.165) is 5.56 Å². The number of nitrogens with one attached hydrogen (secondary N) is 1. The van der Waals surface area contributed by atoms with E-state index < -0.39 is 11.7 Å². The topological polar surface area (TPSA) is 55.1 Å². The van der Waals surface area contributed by atoms with Gasteiger partial charge in [-0.15, -0.1) is 0 Å². The van der Waals surface area contributed by atoms with Gasteiger partial charge in [0, 0.05) is 11.4 Å². The molecule has 1 amide bonds. The summed E-state index contributed by atoms with van der Waals surface area (Å²) in [7, 11) is 0. The van der Waals surface area contributed by atoms with Crippen molar-refractivity contribution in [2.45, 2.75) is 6.92 Å². The number of anilines is 2. The highest BCUT2D eigenvalue weighted by Crippen LogP contribution is 2.22. The number of nitrogens with two attached hydrogens (primary N) is 1. The van der Waals surface area contributed by atoms with Crippen molar-refractivity contribution in [2.24, 2.45) is 0 Å². The molecule has 3 N–H and O–H groups in total.